The summed E-state index contributed by atoms with van der Waals surface area (Å²) in [5.74, 6) is -2.49. The molecular formula is C21H26N4O8S. The van der Waals surface area contributed by atoms with E-state index in [2.05, 4.69) is 4.99 Å². The van der Waals surface area contributed by atoms with Gasteiger partial charge in [0.2, 0.25) is 0 Å². The van der Waals surface area contributed by atoms with Crippen molar-refractivity contribution in [3.05, 3.63) is 59.6 Å². The van der Waals surface area contributed by atoms with Gasteiger partial charge in [-0.15, -0.1) is 0 Å². The zero-order valence-corrected chi connectivity index (χ0v) is 19.3. The van der Waals surface area contributed by atoms with Crippen LogP contribution in [-0.4, -0.2) is 68.6 Å². The number of rotatable bonds is 7. The summed E-state index contributed by atoms with van der Waals surface area (Å²) >= 11 is 0. The number of guanidine groups is 1. The van der Waals surface area contributed by atoms with E-state index in [0.717, 1.165) is 0 Å². The molecule has 0 heterocycles. The van der Waals surface area contributed by atoms with Gasteiger partial charge in [-0.05, 0) is 41.9 Å². The number of hydrogen-bond donors (Lipinski definition) is 3. The molecule has 2 aromatic carbocycles. The van der Waals surface area contributed by atoms with Crippen LogP contribution in [0.25, 0.3) is 0 Å². The van der Waals surface area contributed by atoms with E-state index in [1.165, 1.54) is 43.3 Å². The predicted molar refractivity (Wildman–Crippen MR) is 124 cm³/mol. The zero-order chi connectivity index (χ0) is 29.4. The highest BCUT2D eigenvalue weighted by atomic mass is 32.2. The lowest BCUT2D eigenvalue weighted by Gasteiger charge is -2.10. The minimum atomic E-state index is -3.67. The predicted octanol–water partition coefficient (Wildman–Crippen LogP) is 0.489. The Bertz CT molecular complexity index is 1310. The minimum Gasteiger partial charge on any atom is -0.455 e. The number of carbonyl (C=O) groups is 3. The molecule has 0 aromatic heterocycles. The summed E-state index contributed by atoms with van der Waals surface area (Å²) in [6.07, 6.45) is 0.604. The van der Waals surface area contributed by atoms with E-state index in [4.69, 9.17) is 31.0 Å². The summed E-state index contributed by atoms with van der Waals surface area (Å²) in [6, 6.07) is 3.24. The molecule has 0 aliphatic rings. The van der Waals surface area contributed by atoms with E-state index < -0.39 is 63.4 Å². The van der Waals surface area contributed by atoms with Crippen LogP contribution in [0.5, 0.6) is 5.75 Å². The highest BCUT2D eigenvalue weighted by Gasteiger charge is 2.11. The lowest BCUT2D eigenvalue weighted by molar-refractivity contribution is -0.150. The summed E-state index contributed by atoms with van der Waals surface area (Å²) in [4.78, 5) is 40.7. The molecule has 0 saturated carbocycles. The minimum absolute atomic E-state index is 0.0464. The van der Waals surface area contributed by atoms with Crippen molar-refractivity contribution < 1.29 is 42.3 Å². The van der Waals surface area contributed by atoms with Crippen LogP contribution in [-0.2, 0) is 30.9 Å². The number of nitrogens with zero attached hydrogens (tertiary/aromatic N) is 2. The second kappa shape index (κ2) is 12.9. The molecule has 0 saturated heterocycles. The Balaban J connectivity index is 0.00000132. The van der Waals surface area contributed by atoms with E-state index in [1.807, 2.05) is 0 Å². The van der Waals surface area contributed by atoms with Crippen LogP contribution in [0.1, 0.15) is 21.4 Å². The molecule has 13 heteroatoms. The number of hydrogen-bond acceptors (Lipinski definition) is 8. The third-order valence-electron chi connectivity index (χ3n) is 3.39. The molecule has 0 atom stereocenters. The van der Waals surface area contributed by atoms with E-state index in [-0.39, 0.29) is 24.7 Å². The standard InChI is InChI=1S/C20H22N4O5.CH4O3S/c1-24(2)17(25)12-28-18(26)11-13-3-9-16(10-4-13)29-19(27)14-5-7-15(8-6-14)23-20(21)22;1-5(2,3)4/h3-10H,11-12H2,1-2H3,(H4,21,22,23);1H3,(H,2,3,4)/i5D,6D,7D,8D;. The number of ether oxygens (including phenoxy) is 2. The van der Waals surface area contributed by atoms with Crippen molar-refractivity contribution >= 4 is 39.6 Å². The molecule has 2 rings (SSSR count). The molecule has 1 amide bonds. The molecule has 0 bridgehead atoms. The Morgan fingerprint density at radius 2 is 1.62 bits per heavy atom. The van der Waals surface area contributed by atoms with E-state index >= 15 is 0 Å². The molecule has 0 fully saturated rings. The van der Waals surface area contributed by atoms with Gasteiger partial charge < -0.3 is 25.8 Å². The van der Waals surface area contributed by atoms with Crippen molar-refractivity contribution in [1.82, 2.24) is 4.90 Å². The molecule has 0 spiro atoms. The number of nitrogens with two attached hydrogens (primary N) is 2. The maximum absolute atomic E-state index is 12.5. The summed E-state index contributed by atoms with van der Waals surface area (Å²) in [5, 5.41) is 0. The number of benzene rings is 2. The summed E-state index contributed by atoms with van der Waals surface area (Å²) in [7, 11) is -0.588. The van der Waals surface area contributed by atoms with Gasteiger partial charge in [-0.1, -0.05) is 12.1 Å². The summed E-state index contributed by atoms with van der Waals surface area (Å²) in [5.41, 5.74) is 10.0. The van der Waals surface area contributed by atoms with Crippen molar-refractivity contribution in [2.75, 3.05) is 27.0 Å². The molecule has 0 radical (unpaired) electrons. The van der Waals surface area contributed by atoms with Crippen LogP contribution in [0.15, 0.2) is 53.4 Å². The lowest BCUT2D eigenvalue weighted by atomic mass is 10.1. The van der Waals surface area contributed by atoms with Gasteiger partial charge in [-0.25, -0.2) is 9.79 Å². The molecular weight excluding hydrogens is 468 g/mol. The van der Waals surface area contributed by atoms with Gasteiger partial charge in [0.15, 0.2) is 12.6 Å². The maximum Gasteiger partial charge on any atom is 0.343 e. The monoisotopic (exact) mass is 498 g/mol. The van der Waals surface area contributed by atoms with Gasteiger partial charge >= 0.3 is 11.9 Å². The number of aliphatic imine (C=N–C) groups is 1. The van der Waals surface area contributed by atoms with Crippen LogP contribution in [0.2, 0.25) is 0 Å². The number of carbonyl (C=O) groups excluding carboxylic acids is 3. The average Bonchev–Trinajstić information content (AvgIpc) is 2.79. The van der Waals surface area contributed by atoms with Gasteiger partial charge in [0, 0.05) is 14.1 Å². The van der Waals surface area contributed by atoms with Crippen molar-refractivity contribution in [2.24, 2.45) is 16.5 Å². The van der Waals surface area contributed by atoms with Gasteiger partial charge in [0.1, 0.15) is 5.75 Å². The van der Waals surface area contributed by atoms with Crippen molar-refractivity contribution in [1.29, 1.82) is 0 Å². The molecule has 0 aliphatic heterocycles. The van der Waals surface area contributed by atoms with Crippen molar-refractivity contribution in [3.8, 4) is 5.75 Å². The van der Waals surface area contributed by atoms with E-state index in [1.54, 1.807) is 0 Å². The first-order valence-electron chi connectivity index (χ1n) is 11.2. The van der Waals surface area contributed by atoms with Crippen LogP contribution in [0, 0.1) is 0 Å². The summed E-state index contributed by atoms with van der Waals surface area (Å²) in [6.45, 7) is -0.371. The third kappa shape index (κ3) is 12.2. The Morgan fingerprint density at radius 1 is 1.09 bits per heavy atom. The van der Waals surface area contributed by atoms with Crippen molar-refractivity contribution in [3.63, 3.8) is 0 Å². The zero-order valence-electron chi connectivity index (χ0n) is 22.5. The fourth-order valence-corrected chi connectivity index (χ4v) is 1.92. The number of likely N-dealkylation sites (N-methyl/N-ethyl adjacent to an activating group) is 1. The Morgan fingerprint density at radius 3 is 2.09 bits per heavy atom. The van der Waals surface area contributed by atoms with Gasteiger partial charge in [0.05, 0.1) is 29.4 Å². The van der Waals surface area contributed by atoms with E-state index in [9.17, 15) is 22.8 Å². The third-order valence-corrected chi connectivity index (χ3v) is 3.39. The quantitative estimate of drug-likeness (QED) is 0.159. The second-order valence-corrected chi connectivity index (χ2v) is 8.12. The first-order chi connectivity index (χ1) is 17.4. The highest BCUT2D eigenvalue weighted by Crippen LogP contribution is 2.17. The molecule has 2 aromatic rings. The Labute approximate surface area is 202 Å². The van der Waals surface area contributed by atoms with Crippen LogP contribution in [0.3, 0.4) is 0 Å². The normalized spacial score (nSPS) is 11.9. The Hall–Kier alpha value is -3.97. The first-order valence-corrected chi connectivity index (χ1v) is 11.1. The number of esters is 2. The second-order valence-electron chi connectivity index (χ2n) is 6.65. The van der Waals surface area contributed by atoms with Gasteiger partial charge in [0.25, 0.3) is 16.0 Å². The van der Waals surface area contributed by atoms with E-state index in [0.29, 0.717) is 11.8 Å². The van der Waals surface area contributed by atoms with Crippen LogP contribution >= 0.6 is 0 Å². The smallest absolute Gasteiger partial charge is 0.343 e. The van der Waals surface area contributed by atoms with Crippen molar-refractivity contribution in [2.45, 2.75) is 6.42 Å². The molecule has 184 valence electrons. The van der Waals surface area contributed by atoms with Gasteiger partial charge in [-0.3, -0.25) is 14.1 Å². The first kappa shape index (κ1) is 21.9. The molecule has 0 unspecified atom stereocenters. The molecule has 12 nitrogen and oxygen atoms in total. The molecule has 34 heavy (non-hydrogen) atoms. The van der Waals surface area contributed by atoms with Crippen LogP contribution in [0.4, 0.5) is 5.69 Å². The maximum atomic E-state index is 12.5. The SMILES string of the molecule is CS(=O)(=O)O.[2H]c1c([2H])c(C(=O)Oc2ccc(CC(=O)OCC(=O)N(C)C)cc2)c([2H])c([2H])c1N=C(N)N. The van der Waals surface area contributed by atoms with Crippen LogP contribution < -0.4 is 16.2 Å². The Kier molecular flexibility index (Phi) is 8.30. The fraction of sp³-hybridized carbons (Fsp3) is 0.238. The highest BCUT2D eigenvalue weighted by molar-refractivity contribution is 7.85. The largest absolute Gasteiger partial charge is 0.455 e. The molecule has 5 N–H and O–H groups in total. The topological polar surface area (TPSA) is 192 Å². The van der Waals surface area contributed by atoms with Gasteiger partial charge in [-0.2, -0.15) is 8.42 Å². The number of amides is 1. The summed E-state index contributed by atoms with van der Waals surface area (Å²) < 4.78 is 67.8. The fourth-order valence-electron chi connectivity index (χ4n) is 1.92. The molecule has 0 aliphatic carbocycles. The average molecular weight is 499 g/mol. The lowest BCUT2D eigenvalue weighted by Crippen LogP contribution is -2.27.